The Kier molecular flexibility index (Phi) is 3.95. The summed E-state index contributed by atoms with van der Waals surface area (Å²) in [5, 5.41) is 8.77. The van der Waals surface area contributed by atoms with Gasteiger partial charge >= 0.3 is 0 Å². The number of benzene rings is 1. The van der Waals surface area contributed by atoms with Crippen LogP contribution in [0.15, 0.2) is 30.3 Å². The van der Waals surface area contributed by atoms with Crippen molar-refractivity contribution in [3.8, 4) is 0 Å². The van der Waals surface area contributed by atoms with Gasteiger partial charge in [0, 0.05) is 38.3 Å². The molecule has 0 amide bonds. The number of halogens is 1. The molecule has 5 heteroatoms. The molecule has 2 heterocycles. The molecule has 4 rings (SSSR count). The van der Waals surface area contributed by atoms with Crippen molar-refractivity contribution in [2.75, 3.05) is 31.1 Å². The molecule has 23 heavy (non-hydrogen) atoms. The molecule has 0 saturated carbocycles. The van der Waals surface area contributed by atoms with Crippen LogP contribution in [0, 0.1) is 5.82 Å². The molecule has 0 bridgehead atoms. The van der Waals surface area contributed by atoms with Gasteiger partial charge in [0.25, 0.3) is 0 Å². The highest BCUT2D eigenvalue weighted by molar-refractivity contribution is 5.43. The second-order valence-corrected chi connectivity index (χ2v) is 6.38. The molecular weight excluding hydrogens is 291 g/mol. The van der Waals surface area contributed by atoms with Gasteiger partial charge in [-0.25, -0.2) is 4.39 Å². The molecule has 120 valence electrons. The van der Waals surface area contributed by atoms with Crippen LogP contribution >= 0.6 is 0 Å². The molecule has 4 nitrogen and oxygen atoms in total. The summed E-state index contributed by atoms with van der Waals surface area (Å²) in [6.07, 6.45) is 3.40. The van der Waals surface area contributed by atoms with Crippen molar-refractivity contribution in [2.45, 2.75) is 25.8 Å². The Morgan fingerprint density at radius 2 is 1.83 bits per heavy atom. The first-order chi connectivity index (χ1) is 11.3. The molecule has 1 fully saturated rings. The van der Waals surface area contributed by atoms with Crippen LogP contribution in [-0.2, 0) is 19.4 Å². The minimum Gasteiger partial charge on any atom is -0.353 e. The maximum absolute atomic E-state index is 13.8. The Morgan fingerprint density at radius 1 is 1.00 bits per heavy atom. The predicted octanol–water partition coefficient (Wildman–Crippen LogP) is 2.43. The van der Waals surface area contributed by atoms with Gasteiger partial charge in [-0.2, -0.15) is 5.10 Å². The van der Waals surface area contributed by atoms with E-state index in [0.29, 0.717) is 6.54 Å². The molecule has 2 aliphatic rings. The van der Waals surface area contributed by atoms with Crippen molar-refractivity contribution in [3.05, 3.63) is 53.0 Å². The predicted molar refractivity (Wildman–Crippen MR) is 87.9 cm³/mol. The fraction of sp³-hybridized carbons (Fsp3) is 0.444. The number of rotatable bonds is 3. The van der Waals surface area contributed by atoms with Gasteiger partial charge in [-0.15, -0.1) is 5.10 Å². The number of piperazine rings is 1. The maximum atomic E-state index is 13.8. The smallest absolute Gasteiger partial charge is 0.151 e. The zero-order valence-electron chi connectivity index (χ0n) is 13.2. The number of nitrogens with zero attached hydrogens (tertiary/aromatic N) is 4. The van der Waals surface area contributed by atoms with Crippen molar-refractivity contribution in [1.82, 2.24) is 15.1 Å². The largest absolute Gasteiger partial charge is 0.353 e. The van der Waals surface area contributed by atoms with E-state index >= 15 is 0 Å². The van der Waals surface area contributed by atoms with Crippen LogP contribution in [0.25, 0.3) is 0 Å². The third kappa shape index (κ3) is 3.06. The third-order valence-corrected chi connectivity index (χ3v) is 4.85. The summed E-state index contributed by atoms with van der Waals surface area (Å²) in [6.45, 7) is 4.36. The van der Waals surface area contributed by atoms with Crippen LogP contribution in [0.3, 0.4) is 0 Å². The monoisotopic (exact) mass is 312 g/mol. The van der Waals surface area contributed by atoms with Gasteiger partial charge in [-0.3, -0.25) is 4.90 Å². The lowest BCUT2D eigenvalue weighted by molar-refractivity contribution is 0.246. The lowest BCUT2D eigenvalue weighted by atomic mass is 10.2. The highest BCUT2D eigenvalue weighted by atomic mass is 19.1. The van der Waals surface area contributed by atoms with E-state index in [2.05, 4.69) is 26.1 Å². The van der Waals surface area contributed by atoms with Gasteiger partial charge < -0.3 is 4.90 Å². The Balaban J connectivity index is 1.38. The van der Waals surface area contributed by atoms with Crippen molar-refractivity contribution >= 4 is 5.82 Å². The van der Waals surface area contributed by atoms with E-state index in [9.17, 15) is 4.39 Å². The van der Waals surface area contributed by atoms with Gasteiger partial charge in [-0.05, 0) is 37.0 Å². The van der Waals surface area contributed by atoms with Crippen LogP contribution in [0.2, 0.25) is 0 Å². The Labute approximate surface area is 135 Å². The van der Waals surface area contributed by atoms with Crippen molar-refractivity contribution < 1.29 is 4.39 Å². The fourth-order valence-electron chi connectivity index (χ4n) is 3.47. The average Bonchev–Trinajstić information content (AvgIpc) is 3.05. The summed E-state index contributed by atoms with van der Waals surface area (Å²) in [7, 11) is 0. The van der Waals surface area contributed by atoms with Crippen LogP contribution in [0.1, 0.15) is 23.2 Å². The SMILES string of the molecule is Fc1ccccc1CN1CCN(c2cc3c(nn2)CCC3)CC1. The first-order valence-corrected chi connectivity index (χ1v) is 8.36. The summed E-state index contributed by atoms with van der Waals surface area (Å²) in [5.41, 5.74) is 3.31. The van der Waals surface area contributed by atoms with E-state index in [-0.39, 0.29) is 5.82 Å². The van der Waals surface area contributed by atoms with Gasteiger partial charge in [0.2, 0.25) is 0 Å². The number of hydrogen-bond donors (Lipinski definition) is 0. The summed E-state index contributed by atoms with van der Waals surface area (Å²) in [6, 6.07) is 9.25. The fourth-order valence-corrected chi connectivity index (χ4v) is 3.47. The van der Waals surface area contributed by atoms with Gasteiger partial charge in [0.15, 0.2) is 5.82 Å². The molecule has 0 unspecified atom stereocenters. The normalized spacial score (nSPS) is 18.2. The average molecular weight is 312 g/mol. The van der Waals surface area contributed by atoms with Gasteiger partial charge in [0.05, 0.1) is 5.69 Å². The number of anilines is 1. The Bertz CT molecular complexity index is 695. The standard InChI is InChI=1S/C18H21FN4/c19-16-6-2-1-4-15(16)13-22-8-10-23(11-9-22)18-12-14-5-3-7-17(14)20-21-18/h1-2,4,6,12H,3,5,7-11,13H2. The molecule has 0 radical (unpaired) electrons. The lowest BCUT2D eigenvalue weighted by Crippen LogP contribution is -2.46. The Hall–Kier alpha value is -2.01. The van der Waals surface area contributed by atoms with Crippen LogP contribution in [0.4, 0.5) is 10.2 Å². The molecule has 1 aliphatic heterocycles. The molecule has 1 saturated heterocycles. The summed E-state index contributed by atoms with van der Waals surface area (Å²) >= 11 is 0. The minimum absolute atomic E-state index is 0.112. The maximum Gasteiger partial charge on any atom is 0.151 e. The molecule has 0 atom stereocenters. The molecule has 2 aromatic rings. The highest BCUT2D eigenvalue weighted by Gasteiger charge is 2.21. The lowest BCUT2D eigenvalue weighted by Gasteiger charge is -2.35. The number of hydrogen-bond acceptors (Lipinski definition) is 4. The van der Waals surface area contributed by atoms with Crippen molar-refractivity contribution in [2.24, 2.45) is 0 Å². The molecule has 0 N–H and O–H groups in total. The summed E-state index contributed by atoms with van der Waals surface area (Å²) in [4.78, 5) is 4.60. The number of fused-ring (bicyclic) bond motifs is 1. The zero-order valence-corrected chi connectivity index (χ0v) is 13.2. The summed E-state index contributed by atoms with van der Waals surface area (Å²) in [5.74, 6) is 0.885. The molecular formula is C18H21FN4. The number of aryl methyl sites for hydroxylation is 2. The Morgan fingerprint density at radius 3 is 2.65 bits per heavy atom. The second-order valence-electron chi connectivity index (χ2n) is 6.38. The van der Waals surface area contributed by atoms with Crippen LogP contribution < -0.4 is 4.90 Å². The van der Waals surface area contributed by atoms with E-state index in [1.165, 1.54) is 23.7 Å². The zero-order chi connectivity index (χ0) is 15.6. The van der Waals surface area contributed by atoms with Crippen molar-refractivity contribution in [3.63, 3.8) is 0 Å². The van der Waals surface area contributed by atoms with Crippen LogP contribution in [-0.4, -0.2) is 41.3 Å². The molecule has 1 aromatic carbocycles. The van der Waals surface area contributed by atoms with E-state index < -0.39 is 0 Å². The number of aromatic nitrogens is 2. The molecule has 0 spiro atoms. The van der Waals surface area contributed by atoms with Gasteiger partial charge in [-0.1, -0.05) is 18.2 Å². The topological polar surface area (TPSA) is 32.3 Å². The molecule has 1 aromatic heterocycles. The van der Waals surface area contributed by atoms with Gasteiger partial charge in [0.1, 0.15) is 5.82 Å². The second kappa shape index (κ2) is 6.24. The van der Waals surface area contributed by atoms with E-state index in [0.717, 1.165) is 50.4 Å². The first-order valence-electron chi connectivity index (χ1n) is 8.36. The third-order valence-electron chi connectivity index (χ3n) is 4.85. The minimum atomic E-state index is -0.112. The van der Waals surface area contributed by atoms with Crippen molar-refractivity contribution in [1.29, 1.82) is 0 Å². The van der Waals surface area contributed by atoms with E-state index in [4.69, 9.17) is 0 Å². The van der Waals surface area contributed by atoms with Crippen LogP contribution in [0.5, 0.6) is 0 Å². The molecule has 1 aliphatic carbocycles. The quantitative estimate of drug-likeness (QED) is 0.871. The van der Waals surface area contributed by atoms with E-state index in [1.807, 2.05) is 12.1 Å². The summed E-state index contributed by atoms with van der Waals surface area (Å²) < 4.78 is 13.8. The first kappa shape index (κ1) is 14.6. The van der Waals surface area contributed by atoms with E-state index in [1.54, 1.807) is 6.07 Å². The highest BCUT2D eigenvalue weighted by Crippen LogP contribution is 2.23.